The second-order valence-corrected chi connectivity index (χ2v) is 6.35. The predicted octanol–water partition coefficient (Wildman–Crippen LogP) is 4.12. The highest BCUT2D eigenvalue weighted by molar-refractivity contribution is 5.85. The van der Waals surface area contributed by atoms with Crippen LogP contribution in [0.1, 0.15) is 28.8 Å². The highest BCUT2D eigenvalue weighted by atomic mass is 35.5. The fraction of sp³-hybridized carbons (Fsp3) is 0.368. The number of likely N-dealkylation sites (N-methyl/N-ethyl adjacent to an activating group) is 1. The minimum Gasteiger partial charge on any atom is -0.303 e. The number of hydrogen-bond acceptors (Lipinski definition) is 2. The molecule has 4 rings (SSSR count). The van der Waals surface area contributed by atoms with Crippen molar-refractivity contribution in [2.24, 2.45) is 0 Å². The summed E-state index contributed by atoms with van der Waals surface area (Å²) >= 11 is 0. The Morgan fingerprint density at radius 2 is 1.52 bits per heavy atom. The molecule has 0 amide bonds. The molecule has 2 aromatic rings. The maximum atomic E-state index is 2.72. The molecule has 1 saturated heterocycles. The lowest BCUT2D eigenvalue weighted by Gasteiger charge is -2.48. The molecule has 2 aliphatic rings. The quantitative estimate of drug-likeness (QED) is 0.763. The average molecular weight is 351 g/mol. The van der Waals surface area contributed by atoms with Crippen molar-refractivity contribution in [3.63, 3.8) is 0 Å². The first kappa shape index (κ1) is 18.3. The van der Waals surface area contributed by atoms with Crippen LogP contribution in [0.2, 0.25) is 0 Å². The van der Waals surface area contributed by atoms with E-state index in [1.54, 1.807) is 0 Å². The van der Waals surface area contributed by atoms with Crippen LogP contribution in [0.15, 0.2) is 54.6 Å². The lowest BCUT2D eigenvalue weighted by molar-refractivity contribution is 0.0404. The Kier molecular flexibility index (Phi) is 6.10. The zero-order chi connectivity index (χ0) is 14.2. The maximum absolute atomic E-state index is 2.72. The molecule has 0 saturated carbocycles. The Balaban J connectivity index is 0.000000960. The molecule has 0 aromatic heterocycles. The van der Waals surface area contributed by atoms with Crippen molar-refractivity contribution in [3.8, 4) is 0 Å². The van der Waals surface area contributed by atoms with E-state index in [0.717, 1.165) is 19.5 Å². The van der Waals surface area contributed by atoms with Gasteiger partial charge in [-0.15, -0.1) is 24.8 Å². The van der Waals surface area contributed by atoms with Crippen molar-refractivity contribution >= 4 is 24.8 Å². The van der Waals surface area contributed by atoms with E-state index in [-0.39, 0.29) is 24.8 Å². The van der Waals surface area contributed by atoms with Crippen molar-refractivity contribution in [1.82, 2.24) is 9.80 Å². The van der Waals surface area contributed by atoms with Gasteiger partial charge in [0.15, 0.2) is 0 Å². The van der Waals surface area contributed by atoms with Gasteiger partial charge in [-0.1, -0.05) is 54.6 Å². The molecule has 2 unspecified atom stereocenters. The first-order valence-corrected chi connectivity index (χ1v) is 7.90. The molecule has 124 valence electrons. The predicted molar refractivity (Wildman–Crippen MR) is 101 cm³/mol. The van der Waals surface area contributed by atoms with Gasteiger partial charge >= 0.3 is 0 Å². The zero-order valence-corrected chi connectivity index (χ0v) is 15.0. The van der Waals surface area contributed by atoms with E-state index in [2.05, 4.69) is 71.4 Å². The maximum Gasteiger partial charge on any atom is 0.0484 e. The summed E-state index contributed by atoms with van der Waals surface area (Å²) in [7, 11) is 2.24. The largest absolute Gasteiger partial charge is 0.303 e. The van der Waals surface area contributed by atoms with Crippen LogP contribution >= 0.6 is 24.8 Å². The summed E-state index contributed by atoms with van der Waals surface area (Å²) in [5, 5.41) is 0. The lowest BCUT2D eigenvalue weighted by Crippen LogP contribution is -2.50. The molecule has 1 fully saturated rings. The smallest absolute Gasteiger partial charge is 0.0484 e. The monoisotopic (exact) mass is 350 g/mol. The molecular formula is C19H24Cl2N2. The SMILES string of the molecule is CN1CCN2C(c3ccccc3)Cc3ccccc3C2C1.Cl.Cl. The molecule has 0 aliphatic carbocycles. The van der Waals surface area contributed by atoms with Crippen molar-refractivity contribution in [3.05, 3.63) is 71.3 Å². The van der Waals surface area contributed by atoms with E-state index < -0.39 is 0 Å². The standard InChI is InChI=1S/C19H22N2.2ClH/c1-20-11-12-21-18(15-7-3-2-4-8-15)13-16-9-5-6-10-17(16)19(21)14-20;;/h2-10,18-19H,11-14H2,1H3;2*1H. The fourth-order valence-corrected chi connectivity index (χ4v) is 3.94. The molecule has 4 heteroatoms. The van der Waals surface area contributed by atoms with Gasteiger partial charge in [0.25, 0.3) is 0 Å². The fourth-order valence-electron chi connectivity index (χ4n) is 3.94. The molecule has 0 radical (unpaired) electrons. The van der Waals surface area contributed by atoms with Gasteiger partial charge in [-0.25, -0.2) is 0 Å². The van der Waals surface area contributed by atoms with Gasteiger partial charge < -0.3 is 4.90 Å². The second kappa shape index (κ2) is 7.67. The number of piperazine rings is 1. The zero-order valence-electron chi connectivity index (χ0n) is 13.4. The van der Waals surface area contributed by atoms with Crippen LogP contribution in [0.3, 0.4) is 0 Å². The summed E-state index contributed by atoms with van der Waals surface area (Å²) < 4.78 is 0. The normalized spacial score (nSPS) is 23.9. The van der Waals surface area contributed by atoms with Crippen molar-refractivity contribution in [2.75, 3.05) is 26.7 Å². The number of hydrogen-bond donors (Lipinski definition) is 0. The van der Waals surface area contributed by atoms with Crippen LogP contribution in [0.25, 0.3) is 0 Å². The summed E-state index contributed by atoms with van der Waals surface area (Å²) in [4.78, 5) is 5.18. The Morgan fingerprint density at radius 3 is 2.30 bits per heavy atom. The number of benzene rings is 2. The van der Waals surface area contributed by atoms with Crippen LogP contribution in [-0.2, 0) is 6.42 Å². The van der Waals surface area contributed by atoms with Crippen LogP contribution < -0.4 is 0 Å². The number of nitrogens with zero attached hydrogens (tertiary/aromatic N) is 2. The Bertz CT molecular complexity index is 632. The van der Waals surface area contributed by atoms with E-state index in [4.69, 9.17) is 0 Å². The Labute approximate surface area is 151 Å². The van der Waals surface area contributed by atoms with E-state index in [1.165, 1.54) is 23.2 Å². The third-order valence-corrected chi connectivity index (χ3v) is 5.04. The topological polar surface area (TPSA) is 6.48 Å². The van der Waals surface area contributed by atoms with Crippen LogP contribution in [0, 0.1) is 0 Å². The summed E-state index contributed by atoms with van der Waals surface area (Å²) in [5.41, 5.74) is 4.53. The first-order valence-electron chi connectivity index (χ1n) is 7.90. The third kappa shape index (κ3) is 3.41. The molecule has 2 heterocycles. The minimum absolute atomic E-state index is 0. The van der Waals surface area contributed by atoms with Crippen LogP contribution in [0.5, 0.6) is 0 Å². The second-order valence-electron chi connectivity index (χ2n) is 6.35. The molecule has 0 spiro atoms. The van der Waals surface area contributed by atoms with Gasteiger partial charge in [-0.2, -0.15) is 0 Å². The van der Waals surface area contributed by atoms with Crippen molar-refractivity contribution in [2.45, 2.75) is 18.5 Å². The lowest BCUT2D eigenvalue weighted by atomic mass is 9.84. The molecule has 2 nitrogen and oxygen atoms in total. The van der Waals surface area contributed by atoms with Gasteiger partial charge in [0.1, 0.15) is 0 Å². The van der Waals surface area contributed by atoms with Crippen molar-refractivity contribution < 1.29 is 0 Å². The summed E-state index contributed by atoms with van der Waals surface area (Å²) in [6.07, 6.45) is 1.14. The van der Waals surface area contributed by atoms with Crippen LogP contribution in [-0.4, -0.2) is 36.5 Å². The van der Waals surface area contributed by atoms with Gasteiger partial charge in [0.05, 0.1) is 0 Å². The van der Waals surface area contributed by atoms with E-state index in [9.17, 15) is 0 Å². The van der Waals surface area contributed by atoms with Gasteiger partial charge in [0.2, 0.25) is 0 Å². The van der Waals surface area contributed by atoms with Gasteiger partial charge in [-0.3, -0.25) is 4.90 Å². The molecule has 0 bridgehead atoms. The van der Waals surface area contributed by atoms with E-state index >= 15 is 0 Å². The summed E-state index contributed by atoms with van der Waals surface area (Å²) in [6, 6.07) is 21.1. The van der Waals surface area contributed by atoms with E-state index in [0.29, 0.717) is 12.1 Å². The molecule has 2 atom stereocenters. The Morgan fingerprint density at radius 1 is 0.826 bits per heavy atom. The summed E-state index contributed by atoms with van der Waals surface area (Å²) in [5.74, 6) is 0. The van der Waals surface area contributed by atoms with Gasteiger partial charge in [-0.05, 0) is 30.2 Å². The van der Waals surface area contributed by atoms with E-state index in [1.807, 2.05) is 0 Å². The number of halogens is 2. The highest BCUT2D eigenvalue weighted by Gasteiger charge is 2.37. The highest BCUT2D eigenvalue weighted by Crippen LogP contribution is 2.41. The Hall–Kier alpha value is -1.06. The molecule has 0 N–H and O–H groups in total. The first-order chi connectivity index (χ1) is 10.3. The summed E-state index contributed by atoms with van der Waals surface area (Å²) in [6.45, 7) is 3.47. The number of fused-ring (bicyclic) bond motifs is 3. The molecular weight excluding hydrogens is 327 g/mol. The average Bonchev–Trinajstić information content (AvgIpc) is 2.55. The third-order valence-electron chi connectivity index (χ3n) is 5.04. The minimum atomic E-state index is 0. The molecule has 2 aromatic carbocycles. The molecule has 23 heavy (non-hydrogen) atoms. The van der Waals surface area contributed by atoms with Crippen LogP contribution in [0.4, 0.5) is 0 Å². The van der Waals surface area contributed by atoms with Crippen molar-refractivity contribution in [1.29, 1.82) is 0 Å². The van der Waals surface area contributed by atoms with Gasteiger partial charge in [0, 0.05) is 31.7 Å². The molecule has 2 aliphatic heterocycles. The number of rotatable bonds is 1.